The third kappa shape index (κ3) is 3.76. The molecule has 1 rings (SSSR count). The lowest BCUT2D eigenvalue weighted by molar-refractivity contribution is 0.00696. The second-order valence-corrected chi connectivity index (χ2v) is 4.29. The molecule has 0 saturated carbocycles. The van der Waals surface area contributed by atoms with Gasteiger partial charge in [0, 0.05) is 0 Å². The summed E-state index contributed by atoms with van der Waals surface area (Å²) in [5, 5.41) is 0. The lowest BCUT2D eigenvalue weighted by Crippen LogP contribution is -2.25. The van der Waals surface area contributed by atoms with Crippen molar-refractivity contribution in [2.24, 2.45) is 5.64 Å². The molecule has 0 bridgehead atoms. The zero-order chi connectivity index (χ0) is 11.5. The van der Waals surface area contributed by atoms with Gasteiger partial charge >= 0.3 is 5.97 Å². The van der Waals surface area contributed by atoms with Crippen molar-refractivity contribution in [1.29, 1.82) is 0 Å². The number of carbonyl (C=O) groups is 1. The summed E-state index contributed by atoms with van der Waals surface area (Å²) in [5.41, 5.74) is 6.29. The molecule has 1 aromatic carbocycles. The van der Waals surface area contributed by atoms with Crippen molar-refractivity contribution in [1.82, 2.24) is 0 Å². The molecule has 4 heteroatoms. The highest BCUT2D eigenvalue weighted by molar-refractivity contribution is 6.49. The molecule has 0 aliphatic heterocycles. The molecule has 2 N–H and O–H groups in total. The van der Waals surface area contributed by atoms with Gasteiger partial charge in [-0.2, -0.15) is 0 Å². The number of esters is 1. The summed E-state index contributed by atoms with van der Waals surface area (Å²) in [6.07, 6.45) is 0. The number of benzene rings is 1. The van der Waals surface area contributed by atoms with Crippen LogP contribution >= 0.6 is 0 Å². The number of nitrogens with two attached hydrogens (primary N) is 1. The summed E-state index contributed by atoms with van der Waals surface area (Å²) < 4.78 is 5.22. The monoisotopic (exact) mass is 204 g/mol. The average Bonchev–Trinajstić information content (AvgIpc) is 2.15. The van der Waals surface area contributed by atoms with Gasteiger partial charge in [0.1, 0.15) is 5.60 Å². The smallest absolute Gasteiger partial charge is 0.338 e. The van der Waals surface area contributed by atoms with Gasteiger partial charge < -0.3 is 10.4 Å². The number of hydrogen-bond donors (Lipinski definition) is 1. The third-order valence-electron chi connectivity index (χ3n) is 1.74. The van der Waals surface area contributed by atoms with Crippen LogP contribution in [0.5, 0.6) is 0 Å². The topological polar surface area (TPSA) is 52.3 Å². The van der Waals surface area contributed by atoms with Gasteiger partial charge in [-0.3, -0.25) is 0 Å². The van der Waals surface area contributed by atoms with Gasteiger partial charge in [-0.05, 0) is 32.9 Å². The summed E-state index contributed by atoms with van der Waals surface area (Å²) in [6, 6.07) is 6.96. The standard InChI is InChI=1S/C11H15BNO2/c1-11(2,3)15-10(14)8-4-6-9(12-13)7-5-8/h4-7H,13H2,1-3H3. The Morgan fingerprint density at radius 2 is 1.80 bits per heavy atom. The van der Waals surface area contributed by atoms with Gasteiger partial charge in [-0.1, -0.05) is 17.6 Å². The average molecular weight is 204 g/mol. The summed E-state index contributed by atoms with van der Waals surface area (Å²) in [5.74, 6) is -0.314. The van der Waals surface area contributed by atoms with Gasteiger partial charge in [-0.25, -0.2) is 4.79 Å². The Morgan fingerprint density at radius 3 is 2.20 bits per heavy atom. The minimum atomic E-state index is -0.463. The summed E-state index contributed by atoms with van der Waals surface area (Å²) in [6.45, 7) is 5.52. The van der Waals surface area contributed by atoms with Crippen molar-refractivity contribution in [2.75, 3.05) is 0 Å². The van der Waals surface area contributed by atoms with Crippen LogP contribution in [0.2, 0.25) is 0 Å². The van der Waals surface area contributed by atoms with Crippen molar-refractivity contribution in [2.45, 2.75) is 26.4 Å². The molecule has 0 spiro atoms. The molecule has 0 amide bonds. The lowest BCUT2D eigenvalue weighted by Gasteiger charge is -2.19. The Labute approximate surface area is 90.9 Å². The summed E-state index contributed by atoms with van der Waals surface area (Å²) >= 11 is 0. The molecule has 1 radical (unpaired) electrons. The van der Waals surface area contributed by atoms with Crippen molar-refractivity contribution < 1.29 is 9.53 Å². The Morgan fingerprint density at radius 1 is 1.27 bits per heavy atom. The van der Waals surface area contributed by atoms with Crippen LogP contribution in [0, 0.1) is 0 Å². The maximum absolute atomic E-state index is 11.6. The lowest BCUT2D eigenvalue weighted by atomic mass is 9.84. The van der Waals surface area contributed by atoms with Crippen molar-refractivity contribution in [3.05, 3.63) is 29.8 Å². The fourth-order valence-electron chi connectivity index (χ4n) is 1.07. The van der Waals surface area contributed by atoms with Gasteiger partial charge in [0.25, 0.3) is 0 Å². The molecule has 0 aromatic heterocycles. The molecule has 0 atom stereocenters. The normalized spacial score (nSPS) is 10.9. The second kappa shape index (κ2) is 4.49. The zero-order valence-electron chi connectivity index (χ0n) is 9.28. The van der Waals surface area contributed by atoms with Crippen LogP contribution in [0.4, 0.5) is 0 Å². The molecular formula is C11H15BNO2. The minimum absolute atomic E-state index is 0.314. The summed E-state index contributed by atoms with van der Waals surface area (Å²) in [4.78, 5) is 11.6. The van der Waals surface area contributed by atoms with Crippen LogP contribution < -0.4 is 11.1 Å². The zero-order valence-corrected chi connectivity index (χ0v) is 9.28. The van der Waals surface area contributed by atoms with E-state index in [1.807, 2.05) is 20.8 Å². The van der Waals surface area contributed by atoms with E-state index in [0.717, 1.165) is 5.46 Å². The van der Waals surface area contributed by atoms with Gasteiger partial charge in [0.15, 0.2) is 0 Å². The van der Waals surface area contributed by atoms with Crippen LogP contribution in [0.1, 0.15) is 31.1 Å². The van der Waals surface area contributed by atoms with Crippen LogP contribution in [-0.2, 0) is 4.74 Å². The second-order valence-electron chi connectivity index (χ2n) is 4.29. The van der Waals surface area contributed by atoms with Crippen LogP contribution in [0.15, 0.2) is 24.3 Å². The number of rotatable bonds is 2. The van der Waals surface area contributed by atoms with Crippen molar-refractivity contribution in [3.63, 3.8) is 0 Å². The van der Waals surface area contributed by atoms with Crippen LogP contribution in [0.3, 0.4) is 0 Å². The number of carbonyl (C=O) groups excluding carboxylic acids is 1. The first kappa shape index (κ1) is 11.8. The van der Waals surface area contributed by atoms with E-state index < -0.39 is 5.60 Å². The van der Waals surface area contributed by atoms with E-state index in [9.17, 15) is 4.79 Å². The highest BCUT2D eigenvalue weighted by atomic mass is 16.6. The maximum Gasteiger partial charge on any atom is 0.338 e. The van der Waals surface area contributed by atoms with E-state index in [0.29, 0.717) is 5.56 Å². The molecule has 79 valence electrons. The van der Waals surface area contributed by atoms with Crippen LogP contribution in [-0.4, -0.2) is 19.0 Å². The number of hydrogen-bond acceptors (Lipinski definition) is 3. The van der Waals surface area contributed by atoms with E-state index in [1.165, 1.54) is 7.41 Å². The Bertz CT molecular complexity index is 341. The van der Waals surface area contributed by atoms with Gasteiger partial charge in [-0.15, -0.1) is 0 Å². The first-order valence-electron chi connectivity index (χ1n) is 4.81. The summed E-state index contributed by atoms with van der Waals surface area (Å²) in [7, 11) is 1.48. The fraction of sp³-hybridized carbons (Fsp3) is 0.364. The maximum atomic E-state index is 11.6. The first-order valence-corrected chi connectivity index (χ1v) is 4.81. The minimum Gasteiger partial charge on any atom is -0.456 e. The van der Waals surface area contributed by atoms with Crippen molar-refractivity contribution >= 4 is 18.8 Å². The molecule has 15 heavy (non-hydrogen) atoms. The molecule has 0 aliphatic rings. The van der Waals surface area contributed by atoms with E-state index in [2.05, 4.69) is 0 Å². The molecular weight excluding hydrogens is 189 g/mol. The predicted molar refractivity (Wildman–Crippen MR) is 61.2 cm³/mol. The van der Waals surface area contributed by atoms with E-state index >= 15 is 0 Å². The molecule has 0 saturated heterocycles. The first-order chi connectivity index (χ1) is 6.92. The van der Waals surface area contributed by atoms with E-state index in [4.69, 9.17) is 10.4 Å². The molecule has 0 aliphatic carbocycles. The largest absolute Gasteiger partial charge is 0.456 e. The van der Waals surface area contributed by atoms with E-state index in [1.54, 1.807) is 24.3 Å². The molecule has 0 heterocycles. The van der Waals surface area contributed by atoms with Gasteiger partial charge in [0.2, 0.25) is 7.41 Å². The Hall–Kier alpha value is -1.29. The Balaban J connectivity index is 2.75. The van der Waals surface area contributed by atoms with E-state index in [-0.39, 0.29) is 5.97 Å². The predicted octanol–water partition coefficient (Wildman–Crippen LogP) is 0.845. The SMILES string of the molecule is CC(C)(C)OC(=O)c1ccc([B]N)cc1. The highest BCUT2D eigenvalue weighted by Crippen LogP contribution is 2.11. The molecule has 0 fully saturated rings. The van der Waals surface area contributed by atoms with Crippen molar-refractivity contribution in [3.8, 4) is 0 Å². The fourth-order valence-corrected chi connectivity index (χ4v) is 1.07. The third-order valence-corrected chi connectivity index (χ3v) is 1.74. The van der Waals surface area contributed by atoms with Crippen LogP contribution in [0.25, 0.3) is 0 Å². The molecule has 3 nitrogen and oxygen atoms in total. The highest BCUT2D eigenvalue weighted by Gasteiger charge is 2.17. The Kier molecular flexibility index (Phi) is 3.53. The van der Waals surface area contributed by atoms with Gasteiger partial charge in [0.05, 0.1) is 5.56 Å². The quantitative estimate of drug-likeness (QED) is 0.573. The number of ether oxygens (including phenoxy) is 1. The molecule has 0 unspecified atom stereocenters. The molecule has 1 aromatic rings.